The van der Waals surface area contributed by atoms with Crippen molar-refractivity contribution in [2.75, 3.05) is 6.54 Å². The van der Waals surface area contributed by atoms with Gasteiger partial charge in [0.2, 0.25) is 0 Å². The maximum Gasteiger partial charge on any atom is 0.0236 e. The van der Waals surface area contributed by atoms with Gasteiger partial charge in [0.25, 0.3) is 0 Å². The van der Waals surface area contributed by atoms with Crippen molar-refractivity contribution in [3.05, 3.63) is 35.9 Å². The molecule has 0 fully saturated rings. The summed E-state index contributed by atoms with van der Waals surface area (Å²) in [6.45, 7) is 9.29. The van der Waals surface area contributed by atoms with E-state index in [0.29, 0.717) is 6.04 Å². The summed E-state index contributed by atoms with van der Waals surface area (Å²) in [5.41, 5.74) is 1.44. The third-order valence-electron chi connectivity index (χ3n) is 6.26. The number of hydrogen-bond acceptors (Lipinski definition) is 1. The monoisotopic (exact) mass is 481 g/mol. The standard InChI is InChI=1S/C28H51N.BrH/c1-4-5-6-7-8-9-10-11-12-13-14-15-16-17-18-22-25-29(27(2)3)26-28-23-20-19-21-24-28;/h19-21,23-24,27H,4-18,22,25-26H2,1-3H3;1H. The quantitative estimate of drug-likeness (QED) is 0.167. The molecule has 0 radical (unpaired) electrons. The highest BCUT2D eigenvalue weighted by Gasteiger charge is 2.09. The van der Waals surface area contributed by atoms with E-state index in [4.69, 9.17) is 0 Å². The Balaban J connectivity index is 0.00000841. The van der Waals surface area contributed by atoms with Crippen molar-refractivity contribution < 1.29 is 0 Å². The lowest BCUT2D eigenvalue weighted by atomic mass is 10.0. The lowest BCUT2D eigenvalue weighted by Gasteiger charge is -2.26. The van der Waals surface area contributed by atoms with Gasteiger partial charge in [-0.2, -0.15) is 0 Å². The van der Waals surface area contributed by atoms with Crippen LogP contribution in [0.4, 0.5) is 0 Å². The van der Waals surface area contributed by atoms with Crippen LogP contribution >= 0.6 is 17.0 Å². The van der Waals surface area contributed by atoms with E-state index in [9.17, 15) is 0 Å². The van der Waals surface area contributed by atoms with Gasteiger partial charge in [0.05, 0.1) is 0 Å². The number of unbranched alkanes of at least 4 members (excludes halogenated alkanes) is 15. The van der Waals surface area contributed by atoms with Crippen LogP contribution in [0.2, 0.25) is 0 Å². The topological polar surface area (TPSA) is 3.24 Å². The van der Waals surface area contributed by atoms with Crippen molar-refractivity contribution in [1.29, 1.82) is 0 Å². The Morgan fingerprint density at radius 1 is 0.600 bits per heavy atom. The molecule has 0 unspecified atom stereocenters. The molecule has 0 N–H and O–H groups in total. The summed E-state index contributed by atoms with van der Waals surface area (Å²) >= 11 is 0. The third kappa shape index (κ3) is 17.4. The van der Waals surface area contributed by atoms with Gasteiger partial charge in [-0.15, -0.1) is 17.0 Å². The van der Waals surface area contributed by atoms with Crippen molar-refractivity contribution in [1.82, 2.24) is 4.90 Å². The summed E-state index contributed by atoms with van der Waals surface area (Å²) in [5, 5.41) is 0. The van der Waals surface area contributed by atoms with Gasteiger partial charge >= 0.3 is 0 Å². The number of rotatable bonds is 20. The van der Waals surface area contributed by atoms with Gasteiger partial charge in [-0.3, -0.25) is 4.90 Å². The minimum atomic E-state index is 0. The molecule has 0 aromatic heterocycles. The number of benzene rings is 1. The molecule has 1 rings (SSSR count). The van der Waals surface area contributed by atoms with Crippen LogP contribution < -0.4 is 0 Å². The zero-order valence-corrected chi connectivity index (χ0v) is 22.3. The fourth-order valence-corrected chi connectivity index (χ4v) is 4.20. The Morgan fingerprint density at radius 3 is 1.40 bits per heavy atom. The summed E-state index contributed by atoms with van der Waals surface area (Å²) in [7, 11) is 0. The molecule has 0 aliphatic rings. The molecule has 0 saturated heterocycles. The van der Waals surface area contributed by atoms with E-state index >= 15 is 0 Å². The predicted octanol–water partition coefficient (Wildman–Crippen LogP) is 9.74. The highest BCUT2D eigenvalue weighted by molar-refractivity contribution is 8.93. The van der Waals surface area contributed by atoms with Crippen LogP contribution in [-0.4, -0.2) is 17.5 Å². The van der Waals surface area contributed by atoms with Crippen LogP contribution in [-0.2, 0) is 6.54 Å². The molecule has 0 spiro atoms. The van der Waals surface area contributed by atoms with E-state index in [1.165, 1.54) is 115 Å². The zero-order chi connectivity index (χ0) is 21.0. The Kier molecular flexibility index (Phi) is 21.6. The molecular weight excluding hydrogens is 430 g/mol. The Morgan fingerprint density at radius 2 is 1.00 bits per heavy atom. The molecule has 0 atom stereocenters. The summed E-state index contributed by atoms with van der Waals surface area (Å²) in [5.74, 6) is 0. The average molecular weight is 483 g/mol. The van der Waals surface area contributed by atoms with Gasteiger partial charge < -0.3 is 0 Å². The molecule has 0 aliphatic carbocycles. The number of halogens is 1. The molecule has 1 nitrogen and oxygen atoms in total. The van der Waals surface area contributed by atoms with Crippen LogP contribution in [0.5, 0.6) is 0 Å². The van der Waals surface area contributed by atoms with E-state index in [2.05, 4.69) is 56.0 Å². The third-order valence-corrected chi connectivity index (χ3v) is 6.26. The second-order valence-corrected chi connectivity index (χ2v) is 9.35. The van der Waals surface area contributed by atoms with E-state index in [0.717, 1.165) is 6.54 Å². The lowest BCUT2D eigenvalue weighted by molar-refractivity contribution is 0.208. The second kappa shape index (κ2) is 21.9. The van der Waals surface area contributed by atoms with E-state index in [1.54, 1.807) is 0 Å². The van der Waals surface area contributed by atoms with Crippen LogP contribution in [0.15, 0.2) is 30.3 Å². The summed E-state index contributed by atoms with van der Waals surface area (Å²) in [6, 6.07) is 11.6. The van der Waals surface area contributed by atoms with Gasteiger partial charge in [-0.1, -0.05) is 134 Å². The molecule has 1 aromatic carbocycles. The van der Waals surface area contributed by atoms with Crippen molar-refractivity contribution in [3.8, 4) is 0 Å². The first-order valence-electron chi connectivity index (χ1n) is 13.0. The summed E-state index contributed by atoms with van der Waals surface area (Å²) < 4.78 is 0. The van der Waals surface area contributed by atoms with E-state index in [-0.39, 0.29) is 17.0 Å². The van der Waals surface area contributed by atoms with Crippen LogP contribution in [0.3, 0.4) is 0 Å². The Bertz CT molecular complexity index is 445. The van der Waals surface area contributed by atoms with Crippen molar-refractivity contribution in [3.63, 3.8) is 0 Å². The highest BCUT2D eigenvalue weighted by Crippen LogP contribution is 2.15. The molecule has 30 heavy (non-hydrogen) atoms. The number of nitrogens with zero attached hydrogens (tertiary/aromatic N) is 1. The van der Waals surface area contributed by atoms with E-state index in [1.807, 2.05) is 0 Å². The first-order chi connectivity index (χ1) is 14.2. The molecule has 176 valence electrons. The minimum absolute atomic E-state index is 0. The molecule has 1 aromatic rings. The SMILES string of the molecule is Br.CCCCCCCCCCCCCCCCCCN(Cc1ccccc1)C(C)C. The van der Waals surface area contributed by atoms with Gasteiger partial charge in [0.1, 0.15) is 0 Å². The predicted molar refractivity (Wildman–Crippen MR) is 142 cm³/mol. The molecule has 2 heteroatoms. The van der Waals surface area contributed by atoms with Crippen LogP contribution in [0.1, 0.15) is 129 Å². The Hall–Kier alpha value is -0.340. The number of hydrogen-bond donors (Lipinski definition) is 0. The highest BCUT2D eigenvalue weighted by atomic mass is 79.9. The van der Waals surface area contributed by atoms with Crippen molar-refractivity contribution in [2.45, 2.75) is 136 Å². The first kappa shape index (κ1) is 29.7. The van der Waals surface area contributed by atoms with Gasteiger partial charge in [0.15, 0.2) is 0 Å². The minimum Gasteiger partial charge on any atom is -0.297 e. The van der Waals surface area contributed by atoms with Crippen molar-refractivity contribution in [2.24, 2.45) is 0 Å². The maximum atomic E-state index is 2.62. The molecule has 0 saturated carbocycles. The molecule has 0 bridgehead atoms. The molecular formula is C28H52BrN. The average Bonchev–Trinajstić information content (AvgIpc) is 2.73. The normalized spacial score (nSPS) is 11.2. The fraction of sp³-hybridized carbons (Fsp3) is 0.786. The van der Waals surface area contributed by atoms with Crippen molar-refractivity contribution >= 4 is 17.0 Å². The van der Waals surface area contributed by atoms with Gasteiger partial charge in [-0.25, -0.2) is 0 Å². The fourth-order valence-electron chi connectivity index (χ4n) is 4.20. The zero-order valence-electron chi connectivity index (χ0n) is 20.5. The molecule has 0 aliphatic heterocycles. The first-order valence-corrected chi connectivity index (χ1v) is 13.0. The second-order valence-electron chi connectivity index (χ2n) is 9.35. The van der Waals surface area contributed by atoms with Gasteiger partial charge in [-0.05, 0) is 32.4 Å². The van der Waals surface area contributed by atoms with Gasteiger partial charge in [0, 0.05) is 12.6 Å². The summed E-state index contributed by atoms with van der Waals surface area (Å²) in [6.07, 6.45) is 23.1. The Labute approximate surface area is 200 Å². The van der Waals surface area contributed by atoms with Crippen LogP contribution in [0.25, 0.3) is 0 Å². The van der Waals surface area contributed by atoms with E-state index < -0.39 is 0 Å². The summed E-state index contributed by atoms with van der Waals surface area (Å²) in [4.78, 5) is 2.62. The maximum absolute atomic E-state index is 2.62. The van der Waals surface area contributed by atoms with Crippen LogP contribution in [0, 0.1) is 0 Å². The smallest absolute Gasteiger partial charge is 0.0236 e. The molecule has 0 amide bonds. The molecule has 0 heterocycles. The largest absolute Gasteiger partial charge is 0.297 e. The lowest BCUT2D eigenvalue weighted by Crippen LogP contribution is -2.31.